The van der Waals surface area contributed by atoms with Crippen LogP contribution in [0.1, 0.15) is 30.6 Å². The third kappa shape index (κ3) is 3.48. The van der Waals surface area contributed by atoms with Gasteiger partial charge in [0.2, 0.25) is 0 Å². The van der Waals surface area contributed by atoms with Crippen LogP contribution < -0.4 is 9.47 Å². The lowest BCUT2D eigenvalue weighted by Crippen LogP contribution is -2.36. The largest absolute Gasteiger partial charge is 0.493 e. The molecule has 0 unspecified atom stereocenters. The Bertz CT molecular complexity index is 942. The van der Waals surface area contributed by atoms with Crippen LogP contribution in [0.5, 0.6) is 11.5 Å². The molecule has 1 aromatic carbocycles. The van der Waals surface area contributed by atoms with E-state index in [1.807, 2.05) is 4.90 Å². The van der Waals surface area contributed by atoms with Gasteiger partial charge in [0.15, 0.2) is 11.5 Å². The number of piperidine rings is 1. The first-order valence-corrected chi connectivity index (χ1v) is 9.74. The van der Waals surface area contributed by atoms with Crippen molar-refractivity contribution in [2.24, 2.45) is 0 Å². The maximum atomic E-state index is 13.4. The number of nitrogens with zero attached hydrogens (tertiary/aromatic N) is 2. The zero-order chi connectivity index (χ0) is 20.4. The van der Waals surface area contributed by atoms with Gasteiger partial charge in [-0.25, -0.2) is 0 Å². The fourth-order valence-electron chi connectivity index (χ4n) is 3.93. The minimum absolute atomic E-state index is 0.110. The molecule has 1 saturated heterocycles. The Morgan fingerprint density at radius 3 is 2.38 bits per heavy atom. The highest BCUT2D eigenvalue weighted by molar-refractivity contribution is 6.35. The molecule has 0 saturated carbocycles. The molecular weight excluding hydrogens is 372 g/mol. The number of imide groups is 1. The molecular formula is C22H24N2O5. The summed E-state index contributed by atoms with van der Waals surface area (Å²) in [6.45, 7) is 1.64. The Morgan fingerprint density at radius 1 is 0.966 bits per heavy atom. The van der Waals surface area contributed by atoms with Crippen LogP contribution in [0, 0.1) is 0 Å². The number of hydrogen-bond acceptors (Lipinski definition) is 6. The summed E-state index contributed by atoms with van der Waals surface area (Å²) in [7, 11) is 3.11. The van der Waals surface area contributed by atoms with Crippen LogP contribution in [0.3, 0.4) is 0 Å². The molecule has 7 heteroatoms. The van der Waals surface area contributed by atoms with E-state index in [1.165, 1.54) is 11.2 Å². The van der Waals surface area contributed by atoms with Gasteiger partial charge in [0.1, 0.15) is 11.5 Å². The summed E-state index contributed by atoms with van der Waals surface area (Å²) in [5, 5.41) is 0. The fourth-order valence-corrected chi connectivity index (χ4v) is 3.93. The first-order valence-electron chi connectivity index (χ1n) is 9.74. The molecule has 29 heavy (non-hydrogen) atoms. The quantitative estimate of drug-likeness (QED) is 0.699. The average molecular weight is 396 g/mol. The Morgan fingerprint density at radius 2 is 1.72 bits per heavy atom. The van der Waals surface area contributed by atoms with Gasteiger partial charge in [0.25, 0.3) is 11.8 Å². The number of carbonyl (C=O) groups excluding carboxylic acids is 2. The molecule has 3 heterocycles. The SMILES string of the molecule is COc1ccc(C2=C(N3CCCCC3)C(=O)N(Cc3ccco3)C2=O)cc1OC. The van der Waals surface area contributed by atoms with Crippen molar-refractivity contribution in [3.8, 4) is 11.5 Å². The van der Waals surface area contributed by atoms with Crippen molar-refractivity contribution < 1.29 is 23.5 Å². The zero-order valence-electron chi connectivity index (χ0n) is 16.6. The van der Waals surface area contributed by atoms with E-state index in [1.54, 1.807) is 44.6 Å². The highest BCUT2D eigenvalue weighted by atomic mass is 16.5. The molecule has 2 aliphatic rings. The maximum Gasteiger partial charge on any atom is 0.278 e. The Balaban J connectivity index is 1.78. The van der Waals surface area contributed by atoms with E-state index in [4.69, 9.17) is 13.9 Å². The van der Waals surface area contributed by atoms with Crippen LogP contribution in [-0.4, -0.2) is 48.9 Å². The minimum Gasteiger partial charge on any atom is -0.493 e. The number of carbonyl (C=O) groups is 2. The number of furan rings is 1. The lowest BCUT2D eigenvalue weighted by atomic mass is 10.0. The first-order chi connectivity index (χ1) is 14.1. The second kappa shape index (κ2) is 8.03. The second-order valence-electron chi connectivity index (χ2n) is 7.12. The van der Waals surface area contributed by atoms with Gasteiger partial charge < -0.3 is 18.8 Å². The normalized spacial score (nSPS) is 17.3. The number of benzene rings is 1. The van der Waals surface area contributed by atoms with Gasteiger partial charge in [-0.15, -0.1) is 0 Å². The van der Waals surface area contributed by atoms with Gasteiger partial charge in [-0.05, 0) is 49.1 Å². The molecule has 2 aromatic rings. The van der Waals surface area contributed by atoms with Crippen LogP contribution in [-0.2, 0) is 16.1 Å². The highest BCUT2D eigenvalue weighted by Gasteiger charge is 2.42. The molecule has 7 nitrogen and oxygen atoms in total. The van der Waals surface area contributed by atoms with Gasteiger partial charge in [-0.1, -0.05) is 6.07 Å². The van der Waals surface area contributed by atoms with E-state index < -0.39 is 0 Å². The van der Waals surface area contributed by atoms with Crippen LogP contribution >= 0.6 is 0 Å². The van der Waals surface area contributed by atoms with Crippen LogP contribution in [0.15, 0.2) is 46.7 Å². The standard InChI is InChI=1S/C22H24N2O5/c1-27-17-9-8-15(13-18(17)28-2)19-20(23-10-4-3-5-11-23)22(26)24(21(19)25)14-16-7-6-12-29-16/h6-9,12-13H,3-5,10-11,14H2,1-2H3. The lowest BCUT2D eigenvalue weighted by Gasteiger charge is -2.29. The van der Waals surface area contributed by atoms with Gasteiger partial charge in [0.05, 0.1) is 32.6 Å². The number of likely N-dealkylation sites (tertiary alicyclic amines) is 1. The molecule has 0 bridgehead atoms. The van der Waals surface area contributed by atoms with E-state index in [-0.39, 0.29) is 18.4 Å². The first kappa shape index (κ1) is 19.1. The topological polar surface area (TPSA) is 72.2 Å². The zero-order valence-corrected chi connectivity index (χ0v) is 16.6. The number of amides is 2. The Kier molecular flexibility index (Phi) is 5.29. The van der Waals surface area contributed by atoms with Crippen molar-refractivity contribution in [1.82, 2.24) is 9.80 Å². The van der Waals surface area contributed by atoms with E-state index in [0.717, 1.165) is 32.4 Å². The monoisotopic (exact) mass is 396 g/mol. The number of ether oxygens (including phenoxy) is 2. The molecule has 0 N–H and O–H groups in total. The van der Waals surface area contributed by atoms with Crippen molar-refractivity contribution in [3.05, 3.63) is 53.6 Å². The molecule has 0 aliphatic carbocycles. The van der Waals surface area contributed by atoms with Crippen molar-refractivity contribution in [2.45, 2.75) is 25.8 Å². The summed E-state index contributed by atoms with van der Waals surface area (Å²) >= 11 is 0. The summed E-state index contributed by atoms with van der Waals surface area (Å²) in [4.78, 5) is 30.0. The van der Waals surface area contributed by atoms with E-state index in [0.29, 0.717) is 34.1 Å². The summed E-state index contributed by atoms with van der Waals surface area (Å²) in [5.41, 5.74) is 1.52. The summed E-state index contributed by atoms with van der Waals surface area (Å²) in [6.07, 6.45) is 4.67. The Hall–Kier alpha value is -3.22. The van der Waals surface area contributed by atoms with E-state index >= 15 is 0 Å². The predicted octanol–water partition coefficient (Wildman–Crippen LogP) is 3.06. The molecule has 2 aliphatic heterocycles. The third-order valence-electron chi connectivity index (χ3n) is 5.38. The second-order valence-corrected chi connectivity index (χ2v) is 7.12. The molecule has 1 aromatic heterocycles. The highest BCUT2D eigenvalue weighted by Crippen LogP contribution is 2.37. The smallest absolute Gasteiger partial charge is 0.278 e. The van der Waals surface area contributed by atoms with Crippen molar-refractivity contribution in [1.29, 1.82) is 0 Å². The number of hydrogen-bond donors (Lipinski definition) is 0. The van der Waals surface area contributed by atoms with Crippen LogP contribution in [0.4, 0.5) is 0 Å². The molecule has 152 valence electrons. The fraction of sp³-hybridized carbons (Fsp3) is 0.364. The Labute approximate surface area is 169 Å². The van der Waals surface area contributed by atoms with Gasteiger partial charge in [-0.2, -0.15) is 0 Å². The minimum atomic E-state index is -0.320. The average Bonchev–Trinajstić information content (AvgIpc) is 3.36. The van der Waals surface area contributed by atoms with Crippen molar-refractivity contribution in [2.75, 3.05) is 27.3 Å². The summed E-state index contributed by atoms with van der Waals surface area (Å²) in [6, 6.07) is 8.80. The molecule has 0 atom stereocenters. The molecule has 2 amide bonds. The van der Waals surface area contributed by atoms with Crippen LogP contribution in [0.2, 0.25) is 0 Å². The predicted molar refractivity (Wildman–Crippen MR) is 106 cm³/mol. The lowest BCUT2D eigenvalue weighted by molar-refractivity contribution is -0.138. The van der Waals surface area contributed by atoms with Crippen LogP contribution in [0.25, 0.3) is 5.57 Å². The van der Waals surface area contributed by atoms with Crippen molar-refractivity contribution in [3.63, 3.8) is 0 Å². The van der Waals surface area contributed by atoms with Crippen molar-refractivity contribution >= 4 is 17.4 Å². The molecule has 0 spiro atoms. The summed E-state index contributed by atoms with van der Waals surface area (Å²) < 4.78 is 16.1. The van der Waals surface area contributed by atoms with E-state index in [2.05, 4.69) is 0 Å². The third-order valence-corrected chi connectivity index (χ3v) is 5.38. The van der Waals surface area contributed by atoms with Gasteiger partial charge in [-0.3, -0.25) is 14.5 Å². The molecule has 4 rings (SSSR count). The number of methoxy groups -OCH3 is 2. The van der Waals surface area contributed by atoms with Gasteiger partial charge >= 0.3 is 0 Å². The van der Waals surface area contributed by atoms with Gasteiger partial charge in [0, 0.05) is 13.1 Å². The molecule has 1 fully saturated rings. The summed E-state index contributed by atoms with van der Waals surface area (Å²) in [5.74, 6) is 1.05. The number of rotatable bonds is 6. The maximum absolute atomic E-state index is 13.4. The molecule has 0 radical (unpaired) electrons. The van der Waals surface area contributed by atoms with E-state index in [9.17, 15) is 9.59 Å².